The first-order chi connectivity index (χ1) is 11.2. The predicted molar refractivity (Wildman–Crippen MR) is 101 cm³/mol. The molecule has 24 heavy (non-hydrogen) atoms. The van der Waals surface area contributed by atoms with Crippen LogP contribution in [-0.4, -0.2) is 39.6 Å². The molecule has 0 aromatic carbocycles. The number of hydrogen-bond acceptors (Lipinski definition) is 4. The second-order valence-electron chi connectivity index (χ2n) is 8.31. The minimum Gasteiger partial charge on any atom is -0.468 e. The molecule has 1 N–H and O–H groups in total. The Kier molecular flexibility index (Phi) is 6.32. The van der Waals surface area contributed by atoms with E-state index in [0.717, 1.165) is 19.3 Å². The van der Waals surface area contributed by atoms with Crippen LogP contribution in [0.5, 0.6) is 0 Å². The molecule has 3 atom stereocenters. The van der Waals surface area contributed by atoms with Crippen molar-refractivity contribution in [3.05, 3.63) is 11.6 Å². The Morgan fingerprint density at radius 3 is 2.25 bits per heavy atom. The summed E-state index contributed by atoms with van der Waals surface area (Å²) in [4.78, 5) is 11.8. The van der Waals surface area contributed by atoms with Gasteiger partial charge in [-0.1, -0.05) is 53.2 Å². The van der Waals surface area contributed by atoms with Crippen LogP contribution in [0.15, 0.2) is 11.6 Å². The molecule has 0 bridgehead atoms. The zero-order valence-corrected chi connectivity index (χ0v) is 17.4. The average Bonchev–Trinajstić information content (AvgIpc) is 2.93. The van der Waals surface area contributed by atoms with E-state index in [1.54, 1.807) is 0 Å². The topological polar surface area (TPSA) is 47.6 Å². The lowest BCUT2D eigenvalue weighted by atomic mass is 9.93. The highest BCUT2D eigenvalue weighted by molar-refractivity contribution is 6.77. The van der Waals surface area contributed by atoms with Crippen molar-refractivity contribution < 1.29 is 14.0 Å². The van der Waals surface area contributed by atoms with Gasteiger partial charge in [-0.2, -0.15) is 0 Å². The van der Waals surface area contributed by atoms with Crippen molar-refractivity contribution >= 4 is 14.3 Å². The van der Waals surface area contributed by atoms with E-state index in [2.05, 4.69) is 52.9 Å². The van der Waals surface area contributed by atoms with Crippen LogP contribution in [0.1, 0.15) is 60.8 Å². The molecule has 138 valence electrons. The number of ether oxygens (including phenoxy) is 1. The second-order valence-corrected chi connectivity index (χ2v) is 13.7. The average molecular weight is 354 g/mol. The van der Waals surface area contributed by atoms with Gasteiger partial charge in [0.1, 0.15) is 6.04 Å². The van der Waals surface area contributed by atoms with Gasteiger partial charge >= 0.3 is 5.97 Å². The first-order valence-corrected chi connectivity index (χ1v) is 11.6. The minimum absolute atomic E-state index is 0.155. The molecular formula is C19H35NO3Si. The molecule has 5 heteroatoms. The largest absolute Gasteiger partial charge is 0.468 e. The molecule has 0 aromatic heterocycles. The lowest BCUT2D eigenvalue weighted by Gasteiger charge is -2.45. The predicted octanol–water partition coefficient (Wildman–Crippen LogP) is 4.17. The van der Waals surface area contributed by atoms with Gasteiger partial charge in [-0.05, 0) is 35.9 Å². The third kappa shape index (κ3) is 3.63. The van der Waals surface area contributed by atoms with E-state index in [1.165, 1.54) is 12.7 Å². The Morgan fingerprint density at radius 1 is 1.17 bits per heavy atom. The summed E-state index contributed by atoms with van der Waals surface area (Å²) in [7, 11) is -0.395. The maximum absolute atomic E-state index is 11.8. The summed E-state index contributed by atoms with van der Waals surface area (Å²) < 4.78 is 11.8. The molecule has 0 amide bonds. The van der Waals surface area contributed by atoms with Gasteiger partial charge in [0.05, 0.1) is 13.2 Å². The van der Waals surface area contributed by atoms with Crippen LogP contribution in [0.3, 0.4) is 0 Å². The van der Waals surface area contributed by atoms with Crippen LogP contribution in [-0.2, 0) is 14.0 Å². The van der Waals surface area contributed by atoms with Crippen LogP contribution >= 0.6 is 0 Å². The molecule has 0 aromatic rings. The van der Waals surface area contributed by atoms with Crippen LogP contribution in [0.25, 0.3) is 0 Å². The molecule has 2 aliphatic rings. The summed E-state index contributed by atoms with van der Waals surface area (Å²) in [6, 6.07) is 0.0818. The molecule has 1 aliphatic carbocycles. The highest BCUT2D eigenvalue weighted by atomic mass is 28.4. The van der Waals surface area contributed by atoms with Crippen molar-refractivity contribution in [1.29, 1.82) is 0 Å². The molecule has 0 saturated carbocycles. The van der Waals surface area contributed by atoms with Gasteiger partial charge in [0, 0.05) is 6.04 Å². The van der Waals surface area contributed by atoms with Gasteiger partial charge in [-0.25, -0.2) is 0 Å². The zero-order chi connectivity index (χ0) is 18.1. The first kappa shape index (κ1) is 19.7. The Labute approximate surface area is 148 Å². The number of carbonyl (C=O) groups is 1. The Hall–Kier alpha value is -0.653. The smallest absolute Gasteiger partial charge is 0.323 e. The Bertz CT molecular complexity index is 465. The number of hydrogen-bond donors (Lipinski definition) is 1. The fraction of sp³-hybridized carbons (Fsp3) is 0.842. The quantitative estimate of drug-likeness (QED) is 0.442. The molecular weight excluding hydrogens is 318 g/mol. The van der Waals surface area contributed by atoms with Crippen molar-refractivity contribution in [2.24, 2.45) is 0 Å². The maximum Gasteiger partial charge on any atom is 0.323 e. The number of nitrogens with one attached hydrogen (secondary N) is 1. The lowest BCUT2D eigenvalue weighted by molar-refractivity contribution is -0.142. The lowest BCUT2D eigenvalue weighted by Crippen LogP contribution is -2.51. The third-order valence-electron chi connectivity index (χ3n) is 5.99. The molecule has 2 rings (SSSR count). The van der Waals surface area contributed by atoms with Crippen molar-refractivity contribution in [3.63, 3.8) is 0 Å². The van der Waals surface area contributed by atoms with Crippen molar-refractivity contribution in [3.8, 4) is 0 Å². The molecule has 1 aliphatic heterocycles. The maximum atomic E-state index is 11.8. The molecule has 1 heterocycles. The Balaban J connectivity index is 2.09. The third-order valence-corrected chi connectivity index (χ3v) is 12.2. The van der Waals surface area contributed by atoms with E-state index >= 15 is 0 Å². The molecule has 0 unspecified atom stereocenters. The monoisotopic (exact) mass is 353 g/mol. The fourth-order valence-corrected chi connectivity index (χ4v) is 10.5. The van der Waals surface area contributed by atoms with Crippen LogP contribution < -0.4 is 5.32 Å². The van der Waals surface area contributed by atoms with E-state index < -0.39 is 8.32 Å². The van der Waals surface area contributed by atoms with Crippen LogP contribution in [0.2, 0.25) is 16.6 Å². The molecule has 0 spiro atoms. The molecule has 0 radical (unpaired) electrons. The number of methoxy groups -OCH3 is 1. The van der Waals surface area contributed by atoms with E-state index in [-0.39, 0.29) is 24.2 Å². The fourth-order valence-electron chi connectivity index (χ4n) is 4.96. The number of fused-ring (bicyclic) bond motifs is 1. The summed E-state index contributed by atoms with van der Waals surface area (Å²) in [5.41, 5.74) is 3.16. The van der Waals surface area contributed by atoms with Gasteiger partial charge in [-0.3, -0.25) is 10.1 Å². The number of esters is 1. The molecule has 1 fully saturated rings. The van der Waals surface area contributed by atoms with Crippen molar-refractivity contribution in [2.75, 3.05) is 7.11 Å². The van der Waals surface area contributed by atoms with Gasteiger partial charge in [0.15, 0.2) is 0 Å². The minimum atomic E-state index is -1.85. The SMILES string of the molecule is COC(=O)[C@@H]1CC2=CC[C@H](O[Si](C(C)C)(C(C)C)C(C)C)C[C@H]2N1. The van der Waals surface area contributed by atoms with Gasteiger partial charge < -0.3 is 9.16 Å². The summed E-state index contributed by atoms with van der Waals surface area (Å²) in [6.07, 6.45) is 5.30. The summed E-state index contributed by atoms with van der Waals surface area (Å²) in [6.45, 7) is 14.0. The summed E-state index contributed by atoms with van der Waals surface area (Å²) in [5.74, 6) is -0.155. The van der Waals surface area contributed by atoms with Gasteiger partial charge in [0.25, 0.3) is 0 Å². The summed E-state index contributed by atoms with van der Waals surface area (Å²) in [5, 5.41) is 3.44. The van der Waals surface area contributed by atoms with Crippen LogP contribution in [0, 0.1) is 0 Å². The highest BCUT2D eigenvalue weighted by Gasteiger charge is 2.47. The van der Waals surface area contributed by atoms with Crippen molar-refractivity contribution in [1.82, 2.24) is 5.32 Å². The number of rotatable bonds is 6. The van der Waals surface area contributed by atoms with Crippen molar-refractivity contribution in [2.45, 2.75) is 95.6 Å². The second kappa shape index (κ2) is 7.71. The normalized spacial score (nSPS) is 27.6. The molecule has 1 saturated heterocycles. The summed E-state index contributed by atoms with van der Waals surface area (Å²) >= 11 is 0. The van der Waals surface area contributed by atoms with Gasteiger partial charge in [0.2, 0.25) is 8.32 Å². The van der Waals surface area contributed by atoms with E-state index in [1.807, 2.05) is 0 Å². The van der Waals surface area contributed by atoms with E-state index in [9.17, 15) is 4.79 Å². The first-order valence-electron chi connectivity index (χ1n) is 9.42. The number of carbonyl (C=O) groups excluding carboxylic acids is 1. The van der Waals surface area contributed by atoms with Crippen LogP contribution in [0.4, 0.5) is 0 Å². The molecule has 4 nitrogen and oxygen atoms in total. The zero-order valence-electron chi connectivity index (χ0n) is 16.4. The highest BCUT2D eigenvalue weighted by Crippen LogP contribution is 2.44. The Morgan fingerprint density at radius 2 is 1.75 bits per heavy atom. The van der Waals surface area contributed by atoms with E-state index in [4.69, 9.17) is 9.16 Å². The standard InChI is InChI=1S/C19H35NO3Si/c1-12(2)24(13(3)4,14(5)6)23-16-9-8-15-10-18(19(21)22-7)20-17(15)11-16/h8,12-14,16-18,20H,9-11H2,1-7H3/t16-,17+,18-/m0/s1. The van der Waals surface area contributed by atoms with Gasteiger partial charge in [-0.15, -0.1) is 0 Å². The van der Waals surface area contributed by atoms with E-state index in [0.29, 0.717) is 16.6 Å².